The Labute approximate surface area is 324 Å². The third-order valence-electron chi connectivity index (χ3n) is 11.2. The topological polar surface area (TPSA) is 133 Å². The van der Waals surface area contributed by atoms with E-state index in [1.165, 1.54) is 12.1 Å². The molecule has 0 radical (unpaired) electrons. The average molecular weight is 775 g/mol. The van der Waals surface area contributed by atoms with Gasteiger partial charge in [0.05, 0.1) is 17.4 Å². The number of anilines is 3. The van der Waals surface area contributed by atoms with Crippen molar-refractivity contribution in [2.45, 2.75) is 95.5 Å². The van der Waals surface area contributed by atoms with Gasteiger partial charge in [-0.1, -0.05) is 12.1 Å². The lowest BCUT2D eigenvalue weighted by atomic mass is 9.80. The molecule has 1 aromatic carbocycles. The van der Waals surface area contributed by atoms with Crippen molar-refractivity contribution in [3.63, 3.8) is 0 Å². The second kappa shape index (κ2) is 16.5. The van der Waals surface area contributed by atoms with Crippen LogP contribution in [0.4, 0.5) is 30.4 Å². The maximum absolute atomic E-state index is 13.4. The first-order valence-electron chi connectivity index (χ1n) is 19.5. The van der Waals surface area contributed by atoms with Crippen LogP contribution < -0.4 is 25.6 Å². The minimum atomic E-state index is -4.64. The first-order chi connectivity index (χ1) is 26.8. The molecule has 12 nitrogen and oxygen atoms in total. The number of imidazole rings is 1. The molecule has 4 aromatic rings. The van der Waals surface area contributed by atoms with Crippen LogP contribution in [0.2, 0.25) is 0 Å². The van der Waals surface area contributed by atoms with E-state index in [-0.39, 0.29) is 35.2 Å². The van der Waals surface area contributed by atoms with Crippen LogP contribution in [-0.2, 0) is 15.8 Å². The zero-order valence-corrected chi connectivity index (χ0v) is 31.9. The van der Waals surface area contributed by atoms with Gasteiger partial charge in [-0.3, -0.25) is 19.7 Å². The smallest absolute Gasteiger partial charge is 0.433 e. The maximum Gasteiger partial charge on any atom is 0.433 e. The summed E-state index contributed by atoms with van der Waals surface area (Å²) < 4.78 is 47.4. The highest BCUT2D eigenvalue weighted by atomic mass is 19.4. The monoisotopic (exact) mass is 774 g/mol. The summed E-state index contributed by atoms with van der Waals surface area (Å²) in [6, 6.07) is 13.3. The van der Waals surface area contributed by atoms with E-state index in [4.69, 9.17) is 9.72 Å². The number of fused-ring (bicyclic) bond motifs is 1. The van der Waals surface area contributed by atoms with Crippen molar-refractivity contribution in [3.8, 4) is 5.75 Å². The van der Waals surface area contributed by atoms with Gasteiger partial charge in [0.15, 0.2) is 0 Å². The number of aromatic nitrogens is 3. The van der Waals surface area contributed by atoms with Crippen LogP contribution in [0.5, 0.6) is 5.75 Å². The number of imide groups is 1. The highest BCUT2D eigenvalue weighted by Gasteiger charge is 2.33. The summed E-state index contributed by atoms with van der Waals surface area (Å²) >= 11 is 0. The standard InChI is InChI=1S/C41H49F3N8O4/c1-25(2)56-34-21-37-46-33(24-52(37)23-31(34)39(54)48-36-9-5-8-35(47-36)41(42,43)44)27-12-10-26(11-13-27)22-50(3)29-16-18-51(19-17-29)30-7-4-6-28(20-30)45-32-14-15-38(53)49-40(32)55/h4-9,20-21,23-27,29,32,45H,10-19,22H2,1-3H3,(H,47,48,54)(H,49,53,55)/t26-,27-,32?. The summed E-state index contributed by atoms with van der Waals surface area (Å²) in [7, 11) is 2.24. The Bertz CT molecular complexity index is 2050. The summed E-state index contributed by atoms with van der Waals surface area (Å²) in [5.41, 5.74) is 2.67. The molecule has 1 unspecified atom stereocenters. The summed E-state index contributed by atoms with van der Waals surface area (Å²) in [5.74, 6) is -0.169. The number of amides is 3. The third-order valence-corrected chi connectivity index (χ3v) is 11.2. The van der Waals surface area contributed by atoms with E-state index in [9.17, 15) is 27.6 Å². The Balaban J connectivity index is 0.920. The molecular formula is C41H49F3N8O4. The molecule has 3 aromatic heterocycles. The van der Waals surface area contributed by atoms with Crippen LogP contribution in [0.25, 0.3) is 5.65 Å². The summed E-state index contributed by atoms with van der Waals surface area (Å²) in [6.07, 6.45) is 5.84. The zero-order chi connectivity index (χ0) is 39.6. The minimum Gasteiger partial charge on any atom is -0.490 e. The molecule has 3 fully saturated rings. The predicted octanol–water partition coefficient (Wildman–Crippen LogP) is 6.88. The van der Waals surface area contributed by atoms with E-state index in [0.29, 0.717) is 36.2 Å². The van der Waals surface area contributed by atoms with Gasteiger partial charge in [0.1, 0.15) is 29.0 Å². The number of piperidine rings is 2. The zero-order valence-electron chi connectivity index (χ0n) is 31.9. The lowest BCUT2D eigenvalue weighted by Crippen LogP contribution is -2.47. The largest absolute Gasteiger partial charge is 0.490 e. The van der Waals surface area contributed by atoms with Crippen molar-refractivity contribution in [2.24, 2.45) is 5.92 Å². The fourth-order valence-corrected chi connectivity index (χ4v) is 8.19. The highest BCUT2D eigenvalue weighted by Crippen LogP contribution is 2.37. The van der Waals surface area contributed by atoms with Gasteiger partial charge in [0.2, 0.25) is 11.8 Å². The molecule has 2 aliphatic heterocycles. The van der Waals surface area contributed by atoms with E-state index in [2.05, 4.69) is 49.9 Å². The predicted molar refractivity (Wildman–Crippen MR) is 207 cm³/mol. The van der Waals surface area contributed by atoms with Gasteiger partial charge in [-0.05, 0) is 102 Å². The number of halogens is 3. The maximum atomic E-state index is 13.4. The van der Waals surface area contributed by atoms with Gasteiger partial charge in [-0.15, -0.1) is 0 Å². The quantitative estimate of drug-likeness (QED) is 0.140. The van der Waals surface area contributed by atoms with Gasteiger partial charge in [0.25, 0.3) is 5.91 Å². The molecule has 3 aliphatic rings. The van der Waals surface area contributed by atoms with Gasteiger partial charge < -0.3 is 29.6 Å². The Morgan fingerprint density at radius 3 is 2.45 bits per heavy atom. The van der Waals surface area contributed by atoms with Crippen LogP contribution in [0, 0.1) is 5.92 Å². The molecule has 1 aliphatic carbocycles. The molecule has 3 amide bonds. The van der Waals surface area contributed by atoms with Crippen molar-refractivity contribution in [1.82, 2.24) is 24.6 Å². The first kappa shape index (κ1) is 39.1. The van der Waals surface area contributed by atoms with Crippen LogP contribution in [0.15, 0.2) is 60.9 Å². The van der Waals surface area contributed by atoms with E-state index in [1.807, 2.05) is 32.2 Å². The summed E-state index contributed by atoms with van der Waals surface area (Å²) in [6.45, 7) is 6.62. The molecule has 7 rings (SSSR count). The Kier molecular flexibility index (Phi) is 11.5. The van der Waals surface area contributed by atoms with Crippen molar-refractivity contribution in [2.75, 3.05) is 42.2 Å². The molecule has 5 heterocycles. The van der Waals surface area contributed by atoms with Gasteiger partial charge in [0, 0.05) is 67.8 Å². The number of rotatable bonds is 11. The number of hydrogen-bond acceptors (Lipinski definition) is 9. The Morgan fingerprint density at radius 2 is 1.73 bits per heavy atom. The molecule has 56 heavy (non-hydrogen) atoms. The number of hydrogen-bond donors (Lipinski definition) is 3. The van der Waals surface area contributed by atoms with Crippen LogP contribution in [-0.4, -0.2) is 81.9 Å². The van der Waals surface area contributed by atoms with Crippen LogP contribution >= 0.6 is 0 Å². The van der Waals surface area contributed by atoms with Crippen molar-refractivity contribution < 1.29 is 32.3 Å². The fourth-order valence-electron chi connectivity index (χ4n) is 8.19. The van der Waals surface area contributed by atoms with Crippen molar-refractivity contribution >= 4 is 40.6 Å². The highest BCUT2D eigenvalue weighted by molar-refractivity contribution is 6.06. The fraction of sp³-hybridized carbons (Fsp3) is 0.488. The molecular weight excluding hydrogens is 725 g/mol. The number of carbonyl (C=O) groups excluding carboxylic acids is 3. The molecule has 0 spiro atoms. The number of nitrogens with one attached hydrogen (secondary N) is 3. The molecule has 1 atom stereocenters. The summed E-state index contributed by atoms with van der Waals surface area (Å²) in [4.78, 5) is 50.6. The molecule has 15 heteroatoms. The van der Waals surface area contributed by atoms with E-state index < -0.39 is 23.8 Å². The third kappa shape index (κ3) is 9.26. The normalized spacial score (nSPS) is 21.1. The number of alkyl halides is 3. The number of carbonyl (C=O) groups is 3. The van der Waals surface area contributed by atoms with Crippen LogP contribution in [0.3, 0.4) is 0 Å². The number of pyridine rings is 2. The Morgan fingerprint density at radius 1 is 0.982 bits per heavy atom. The number of ether oxygens (including phenoxy) is 1. The molecule has 0 bridgehead atoms. The average Bonchev–Trinajstić information content (AvgIpc) is 3.59. The minimum absolute atomic E-state index is 0.169. The van der Waals surface area contributed by atoms with Gasteiger partial charge in [-0.25, -0.2) is 9.97 Å². The van der Waals surface area contributed by atoms with E-state index >= 15 is 0 Å². The lowest BCUT2D eigenvalue weighted by molar-refractivity contribution is -0.141. The van der Waals surface area contributed by atoms with Gasteiger partial charge >= 0.3 is 6.18 Å². The van der Waals surface area contributed by atoms with E-state index in [1.54, 1.807) is 16.7 Å². The second-order valence-electron chi connectivity index (χ2n) is 15.6. The Hall–Kier alpha value is -5.18. The molecule has 2 saturated heterocycles. The number of nitrogens with zero attached hydrogens (tertiary/aromatic N) is 5. The molecule has 1 saturated carbocycles. The first-order valence-corrected chi connectivity index (χ1v) is 19.5. The lowest BCUT2D eigenvalue weighted by Gasteiger charge is -2.40. The van der Waals surface area contributed by atoms with Crippen LogP contribution in [0.1, 0.15) is 92.9 Å². The van der Waals surface area contributed by atoms with Crippen molar-refractivity contribution in [3.05, 3.63) is 77.9 Å². The SMILES string of the molecule is CC(C)Oc1cc2nc([C@H]3CC[C@H](CN(C)C4CCN(c5cccc(NC6CCC(=O)NC6=O)c5)CC4)CC3)cn2cc1C(=O)Nc1cccc(C(F)(F)F)n1. The van der Waals surface area contributed by atoms with Crippen molar-refractivity contribution in [1.29, 1.82) is 0 Å². The van der Waals surface area contributed by atoms with E-state index in [0.717, 1.165) is 81.3 Å². The second-order valence-corrected chi connectivity index (χ2v) is 15.6. The summed E-state index contributed by atoms with van der Waals surface area (Å²) in [5, 5.41) is 8.21. The molecule has 3 N–H and O–H groups in total. The molecule has 298 valence electrons. The van der Waals surface area contributed by atoms with Gasteiger partial charge in [-0.2, -0.15) is 13.2 Å². The number of benzene rings is 1.